The highest BCUT2D eigenvalue weighted by molar-refractivity contribution is 5.37. The van der Waals surface area contributed by atoms with Gasteiger partial charge >= 0.3 is 0 Å². The maximum Gasteiger partial charge on any atom is 0.0239 e. The fraction of sp³-hybridized carbons (Fsp3) is 0.647. The van der Waals surface area contributed by atoms with Gasteiger partial charge in [-0.1, -0.05) is 17.7 Å². The molecule has 0 amide bonds. The van der Waals surface area contributed by atoms with Crippen molar-refractivity contribution in [1.82, 2.24) is 10.2 Å². The Labute approximate surface area is 117 Å². The quantitative estimate of drug-likeness (QED) is 0.877. The predicted octanol–water partition coefficient (Wildman–Crippen LogP) is 2.80. The van der Waals surface area contributed by atoms with Gasteiger partial charge in [0.1, 0.15) is 0 Å². The molecular formula is C17H26N2. The summed E-state index contributed by atoms with van der Waals surface area (Å²) in [5.74, 6) is 0. The van der Waals surface area contributed by atoms with Crippen molar-refractivity contribution in [2.75, 3.05) is 26.2 Å². The molecule has 0 radical (unpaired) electrons. The molecule has 2 fully saturated rings. The first-order chi connectivity index (χ1) is 9.08. The molecule has 1 spiro atoms. The average molecular weight is 258 g/mol. The van der Waals surface area contributed by atoms with Gasteiger partial charge < -0.3 is 5.32 Å². The zero-order valence-corrected chi connectivity index (χ0v) is 12.6. The molecule has 0 aliphatic carbocycles. The lowest BCUT2D eigenvalue weighted by Gasteiger charge is -2.24. The van der Waals surface area contributed by atoms with Crippen LogP contribution in [0, 0.1) is 26.2 Å². The summed E-state index contributed by atoms with van der Waals surface area (Å²) >= 11 is 0. The number of nitrogens with one attached hydrogen (secondary N) is 1. The lowest BCUT2D eigenvalue weighted by atomic mass is 9.86. The molecule has 1 aromatic carbocycles. The van der Waals surface area contributed by atoms with Crippen LogP contribution in [0.1, 0.15) is 35.1 Å². The molecule has 19 heavy (non-hydrogen) atoms. The van der Waals surface area contributed by atoms with Crippen LogP contribution >= 0.6 is 0 Å². The van der Waals surface area contributed by atoms with Crippen LogP contribution < -0.4 is 5.32 Å². The number of rotatable bonds is 2. The molecule has 1 atom stereocenters. The summed E-state index contributed by atoms with van der Waals surface area (Å²) in [5, 5.41) is 3.54. The first-order valence-electron chi connectivity index (χ1n) is 7.58. The summed E-state index contributed by atoms with van der Waals surface area (Å²) in [6.07, 6.45) is 2.75. The zero-order valence-electron chi connectivity index (χ0n) is 12.6. The van der Waals surface area contributed by atoms with Gasteiger partial charge in [-0.25, -0.2) is 0 Å². The van der Waals surface area contributed by atoms with E-state index < -0.39 is 0 Å². The van der Waals surface area contributed by atoms with E-state index in [2.05, 4.69) is 43.1 Å². The maximum absolute atomic E-state index is 3.54. The minimum absolute atomic E-state index is 0.590. The van der Waals surface area contributed by atoms with Crippen LogP contribution in [0.5, 0.6) is 0 Å². The maximum atomic E-state index is 3.54. The molecule has 2 heterocycles. The van der Waals surface area contributed by atoms with E-state index in [1.165, 1.54) is 55.7 Å². The summed E-state index contributed by atoms with van der Waals surface area (Å²) in [6, 6.07) is 4.65. The molecule has 2 heteroatoms. The van der Waals surface area contributed by atoms with Gasteiger partial charge in [0.2, 0.25) is 0 Å². The van der Waals surface area contributed by atoms with Gasteiger partial charge in [0.25, 0.3) is 0 Å². The Hall–Kier alpha value is -0.860. The third-order valence-corrected chi connectivity index (χ3v) is 5.07. The van der Waals surface area contributed by atoms with Gasteiger partial charge in [0.05, 0.1) is 0 Å². The number of hydrogen-bond donors (Lipinski definition) is 1. The van der Waals surface area contributed by atoms with E-state index >= 15 is 0 Å². The Bertz CT molecular complexity index is 449. The highest BCUT2D eigenvalue weighted by Gasteiger charge is 2.40. The normalized spacial score (nSPS) is 27.5. The molecule has 3 rings (SSSR count). The van der Waals surface area contributed by atoms with Crippen LogP contribution in [0.4, 0.5) is 0 Å². The fourth-order valence-electron chi connectivity index (χ4n) is 3.99. The smallest absolute Gasteiger partial charge is 0.0239 e. The van der Waals surface area contributed by atoms with Crippen LogP contribution in [0.3, 0.4) is 0 Å². The Morgan fingerprint density at radius 1 is 1.16 bits per heavy atom. The molecule has 2 saturated heterocycles. The molecule has 1 aromatic rings. The Morgan fingerprint density at radius 2 is 1.89 bits per heavy atom. The van der Waals surface area contributed by atoms with Crippen molar-refractivity contribution in [3.63, 3.8) is 0 Å². The summed E-state index contributed by atoms with van der Waals surface area (Å²) in [5.41, 5.74) is 6.45. The van der Waals surface area contributed by atoms with Crippen molar-refractivity contribution in [3.05, 3.63) is 34.4 Å². The molecule has 1 N–H and O–H groups in total. The number of nitrogens with zero attached hydrogens (tertiary/aromatic N) is 1. The summed E-state index contributed by atoms with van der Waals surface area (Å²) in [4.78, 5) is 2.66. The largest absolute Gasteiger partial charge is 0.316 e. The number of hydrogen-bond acceptors (Lipinski definition) is 2. The van der Waals surface area contributed by atoms with Gasteiger partial charge in [0, 0.05) is 19.6 Å². The van der Waals surface area contributed by atoms with Crippen LogP contribution in [0.15, 0.2) is 12.1 Å². The van der Waals surface area contributed by atoms with Crippen molar-refractivity contribution in [1.29, 1.82) is 0 Å². The van der Waals surface area contributed by atoms with E-state index in [4.69, 9.17) is 0 Å². The average Bonchev–Trinajstić information content (AvgIpc) is 2.95. The van der Waals surface area contributed by atoms with Crippen molar-refractivity contribution in [2.45, 2.75) is 40.2 Å². The van der Waals surface area contributed by atoms with Gasteiger partial charge in [-0.2, -0.15) is 0 Å². The molecule has 1 unspecified atom stereocenters. The third-order valence-electron chi connectivity index (χ3n) is 5.07. The SMILES string of the molecule is Cc1cc(C)c(CN2CCC3(CCNC3)C2)c(C)c1. The van der Waals surface area contributed by atoms with Crippen molar-refractivity contribution >= 4 is 0 Å². The predicted molar refractivity (Wildman–Crippen MR) is 80.5 cm³/mol. The molecule has 0 aromatic heterocycles. The molecular weight excluding hydrogens is 232 g/mol. The monoisotopic (exact) mass is 258 g/mol. The lowest BCUT2D eigenvalue weighted by molar-refractivity contribution is 0.268. The van der Waals surface area contributed by atoms with E-state index in [1.54, 1.807) is 5.56 Å². The lowest BCUT2D eigenvalue weighted by Crippen LogP contribution is -2.29. The standard InChI is InChI=1S/C17H26N2/c1-13-8-14(2)16(15(3)9-13)10-19-7-5-17(12-19)4-6-18-11-17/h8-9,18H,4-7,10-12H2,1-3H3. The van der Waals surface area contributed by atoms with E-state index in [0.29, 0.717) is 5.41 Å². The Kier molecular flexibility index (Phi) is 3.40. The van der Waals surface area contributed by atoms with Gasteiger partial charge in [-0.3, -0.25) is 4.90 Å². The van der Waals surface area contributed by atoms with Gasteiger partial charge in [-0.15, -0.1) is 0 Å². The third kappa shape index (κ3) is 2.56. The highest BCUT2D eigenvalue weighted by atomic mass is 15.2. The van der Waals surface area contributed by atoms with Crippen molar-refractivity contribution in [3.8, 4) is 0 Å². The summed E-state index contributed by atoms with van der Waals surface area (Å²) in [7, 11) is 0. The number of aryl methyl sites for hydroxylation is 3. The van der Waals surface area contributed by atoms with Gasteiger partial charge in [0.15, 0.2) is 0 Å². The van der Waals surface area contributed by atoms with Crippen LogP contribution in [0.2, 0.25) is 0 Å². The molecule has 0 bridgehead atoms. The Morgan fingerprint density at radius 3 is 2.53 bits per heavy atom. The fourth-order valence-corrected chi connectivity index (χ4v) is 3.99. The van der Waals surface area contributed by atoms with E-state index in [0.717, 1.165) is 6.54 Å². The van der Waals surface area contributed by atoms with Crippen molar-refractivity contribution < 1.29 is 0 Å². The number of likely N-dealkylation sites (tertiary alicyclic amines) is 1. The van der Waals surface area contributed by atoms with Crippen LogP contribution in [0.25, 0.3) is 0 Å². The van der Waals surface area contributed by atoms with E-state index in [1.807, 2.05) is 0 Å². The van der Waals surface area contributed by atoms with Crippen molar-refractivity contribution in [2.24, 2.45) is 5.41 Å². The molecule has 2 aliphatic rings. The second-order valence-corrected chi connectivity index (χ2v) is 6.76. The highest BCUT2D eigenvalue weighted by Crippen LogP contribution is 2.37. The molecule has 104 valence electrons. The summed E-state index contributed by atoms with van der Waals surface area (Å²) in [6.45, 7) is 12.9. The van der Waals surface area contributed by atoms with E-state index in [9.17, 15) is 0 Å². The Balaban J connectivity index is 1.73. The molecule has 0 saturated carbocycles. The first-order valence-corrected chi connectivity index (χ1v) is 7.58. The van der Waals surface area contributed by atoms with Crippen LogP contribution in [-0.4, -0.2) is 31.1 Å². The second-order valence-electron chi connectivity index (χ2n) is 6.76. The summed E-state index contributed by atoms with van der Waals surface area (Å²) < 4.78 is 0. The number of benzene rings is 1. The van der Waals surface area contributed by atoms with E-state index in [-0.39, 0.29) is 0 Å². The topological polar surface area (TPSA) is 15.3 Å². The minimum Gasteiger partial charge on any atom is -0.316 e. The zero-order chi connectivity index (χ0) is 13.5. The van der Waals surface area contributed by atoms with Crippen LogP contribution in [-0.2, 0) is 6.54 Å². The van der Waals surface area contributed by atoms with Gasteiger partial charge in [-0.05, 0) is 68.8 Å². The minimum atomic E-state index is 0.590. The second kappa shape index (κ2) is 4.92. The molecule has 2 aliphatic heterocycles. The first kappa shape index (κ1) is 13.1. The molecule has 2 nitrogen and oxygen atoms in total.